The van der Waals surface area contributed by atoms with Crippen LogP contribution >= 0.6 is 0 Å². The number of aromatic carboxylic acids is 1. The second-order valence-corrected chi connectivity index (χ2v) is 7.40. The van der Waals surface area contributed by atoms with E-state index in [9.17, 15) is 14.7 Å². The first-order chi connectivity index (χ1) is 13.1. The average molecular weight is 365 g/mol. The summed E-state index contributed by atoms with van der Waals surface area (Å²) < 4.78 is 0. The van der Waals surface area contributed by atoms with Crippen LogP contribution in [-0.4, -0.2) is 17.0 Å². The number of carboxylic acids is 1. The SMILES string of the molecule is O=C(Nc1cc(CCCC2CCCCC2)ccc1C(=O)O)c1ccccc1. The Morgan fingerprint density at radius 3 is 2.44 bits per heavy atom. The Morgan fingerprint density at radius 1 is 1.00 bits per heavy atom. The summed E-state index contributed by atoms with van der Waals surface area (Å²) in [5, 5.41) is 12.2. The molecule has 0 spiro atoms. The highest BCUT2D eigenvalue weighted by atomic mass is 16.4. The minimum Gasteiger partial charge on any atom is -0.478 e. The van der Waals surface area contributed by atoms with Gasteiger partial charge in [-0.3, -0.25) is 4.79 Å². The van der Waals surface area contributed by atoms with Crippen molar-refractivity contribution in [3.63, 3.8) is 0 Å². The van der Waals surface area contributed by atoms with Gasteiger partial charge in [0.2, 0.25) is 0 Å². The molecule has 27 heavy (non-hydrogen) atoms. The summed E-state index contributed by atoms with van der Waals surface area (Å²) in [6.07, 6.45) is 10.0. The van der Waals surface area contributed by atoms with Crippen LogP contribution in [-0.2, 0) is 6.42 Å². The molecule has 1 aliphatic carbocycles. The molecular weight excluding hydrogens is 338 g/mol. The molecule has 2 N–H and O–H groups in total. The Kier molecular flexibility index (Phi) is 6.64. The number of nitrogens with one attached hydrogen (secondary N) is 1. The molecule has 1 aliphatic rings. The van der Waals surface area contributed by atoms with Crippen molar-refractivity contribution in [3.05, 3.63) is 65.2 Å². The van der Waals surface area contributed by atoms with Crippen LogP contribution in [0.15, 0.2) is 48.5 Å². The van der Waals surface area contributed by atoms with E-state index in [1.165, 1.54) is 38.5 Å². The Morgan fingerprint density at radius 2 is 1.74 bits per heavy atom. The molecule has 0 radical (unpaired) electrons. The minimum absolute atomic E-state index is 0.121. The van der Waals surface area contributed by atoms with E-state index in [-0.39, 0.29) is 11.5 Å². The molecule has 142 valence electrons. The normalized spacial score (nSPS) is 14.7. The van der Waals surface area contributed by atoms with Gasteiger partial charge in [-0.15, -0.1) is 0 Å². The number of amides is 1. The number of benzene rings is 2. The molecule has 3 rings (SSSR count). The lowest BCUT2D eigenvalue weighted by Gasteiger charge is -2.21. The van der Waals surface area contributed by atoms with Crippen LogP contribution in [0.2, 0.25) is 0 Å². The third kappa shape index (κ3) is 5.43. The average Bonchev–Trinajstić information content (AvgIpc) is 2.69. The van der Waals surface area contributed by atoms with Crippen molar-refractivity contribution in [3.8, 4) is 0 Å². The van der Waals surface area contributed by atoms with Crippen molar-refractivity contribution in [2.75, 3.05) is 5.32 Å². The molecule has 0 aliphatic heterocycles. The van der Waals surface area contributed by atoms with Crippen LogP contribution in [0, 0.1) is 5.92 Å². The molecule has 1 fully saturated rings. The standard InChI is InChI=1S/C23H27NO3/c25-22(19-12-5-2-6-13-19)24-21-16-18(14-15-20(21)23(26)27)11-7-10-17-8-3-1-4-9-17/h2,5-6,12-17H,1,3-4,7-11H2,(H,24,25)(H,26,27). The highest BCUT2D eigenvalue weighted by molar-refractivity contribution is 6.07. The second kappa shape index (κ2) is 9.36. The summed E-state index contributed by atoms with van der Waals surface area (Å²) in [6, 6.07) is 14.1. The zero-order chi connectivity index (χ0) is 19.1. The third-order valence-electron chi connectivity index (χ3n) is 5.40. The number of carbonyl (C=O) groups excluding carboxylic acids is 1. The first-order valence-corrected chi connectivity index (χ1v) is 9.86. The van der Waals surface area contributed by atoms with Crippen molar-refractivity contribution in [2.24, 2.45) is 5.92 Å². The van der Waals surface area contributed by atoms with Crippen molar-refractivity contribution < 1.29 is 14.7 Å². The van der Waals surface area contributed by atoms with Crippen molar-refractivity contribution in [1.82, 2.24) is 0 Å². The van der Waals surface area contributed by atoms with Crippen molar-refractivity contribution >= 4 is 17.6 Å². The molecule has 1 saturated carbocycles. The van der Waals surface area contributed by atoms with E-state index in [2.05, 4.69) is 5.32 Å². The zero-order valence-corrected chi connectivity index (χ0v) is 15.6. The van der Waals surface area contributed by atoms with Gasteiger partial charge in [0.25, 0.3) is 5.91 Å². The summed E-state index contributed by atoms with van der Waals surface area (Å²) >= 11 is 0. The van der Waals surface area contributed by atoms with E-state index in [0.717, 1.165) is 24.3 Å². The predicted octanol–water partition coefficient (Wildman–Crippen LogP) is 5.54. The quantitative estimate of drug-likeness (QED) is 0.677. The van der Waals surface area contributed by atoms with E-state index in [1.54, 1.807) is 30.3 Å². The summed E-state index contributed by atoms with van der Waals surface area (Å²) in [5.41, 5.74) is 2.07. The maximum atomic E-state index is 12.4. The van der Waals surface area contributed by atoms with Crippen molar-refractivity contribution in [1.29, 1.82) is 0 Å². The zero-order valence-electron chi connectivity index (χ0n) is 15.6. The third-order valence-corrected chi connectivity index (χ3v) is 5.40. The van der Waals surface area contributed by atoms with Crippen LogP contribution < -0.4 is 5.32 Å². The Labute approximate surface area is 160 Å². The van der Waals surface area contributed by atoms with Gasteiger partial charge in [-0.05, 0) is 48.6 Å². The number of anilines is 1. The van der Waals surface area contributed by atoms with Gasteiger partial charge in [-0.1, -0.05) is 62.8 Å². The van der Waals surface area contributed by atoms with E-state index in [0.29, 0.717) is 11.3 Å². The Balaban J connectivity index is 1.66. The van der Waals surface area contributed by atoms with Crippen LogP contribution in [0.1, 0.15) is 71.2 Å². The highest BCUT2D eigenvalue weighted by Crippen LogP contribution is 2.28. The number of rotatable bonds is 7. The molecule has 0 saturated heterocycles. The lowest BCUT2D eigenvalue weighted by Crippen LogP contribution is -2.15. The Bertz CT molecular complexity index is 779. The molecule has 0 aromatic heterocycles. The smallest absolute Gasteiger partial charge is 0.337 e. The van der Waals surface area contributed by atoms with Gasteiger partial charge in [0.1, 0.15) is 0 Å². The van der Waals surface area contributed by atoms with Gasteiger partial charge in [-0.2, -0.15) is 0 Å². The first kappa shape index (κ1) is 19.2. The molecular formula is C23H27NO3. The van der Waals surface area contributed by atoms with Gasteiger partial charge >= 0.3 is 5.97 Å². The lowest BCUT2D eigenvalue weighted by atomic mass is 9.85. The molecule has 2 aromatic rings. The van der Waals surface area contributed by atoms with E-state index in [1.807, 2.05) is 18.2 Å². The topological polar surface area (TPSA) is 66.4 Å². The number of aryl methyl sites for hydroxylation is 1. The minimum atomic E-state index is -1.04. The first-order valence-electron chi connectivity index (χ1n) is 9.86. The maximum absolute atomic E-state index is 12.4. The van der Waals surface area contributed by atoms with Gasteiger partial charge < -0.3 is 10.4 Å². The second-order valence-electron chi connectivity index (χ2n) is 7.40. The van der Waals surface area contributed by atoms with Crippen LogP contribution in [0.25, 0.3) is 0 Å². The summed E-state index contributed by atoms with van der Waals surface area (Å²) in [7, 11) is 0. The van der Waals surface area contributed by atoms with Gasteiger partial charge in [0.05, 0.1) is 11.3 Å². The molecule has 4 heteroatoms. The number of carbonyl (C=O) groups is 2. The maximum Gasteiger partial charge on any atom is 0.337 e. The fraction of sp³-hybridized carbons (Fsp3) is 0.391. The number of hydrogen-bond donors (Lipinski definition) is 2. The summed E-state index contributed by atoms with van der Waals surface area (Å²) in [4.78, 5) is 23.9. The molecule has 4 nitrogen and oxygen atoms in total. The Hall–Kier alpha value is -2.62. The molecule has 2 aromatic carbocycles. The fourth-order valence-corrected chi connectivity index (χ4v) is 3.89. The summed E-state index contributed by atoms with van der Waals surface area (Å²) in [5.74, 6) is -0.487. The molecule has 1 amide bonds. The van der Waals surface area contributed by atoms with Crippen LogP contribution in [0.4, 0.5) is 5.69 Å². The lowest BCUT2D eigenvalue weighted by molar-refractivity contribution is 0.0698. The largest absolute Gasteiger partial charge is 0.478 e. The van der Waals surface area contributed by atoms with E-state index < -0.39 is 5.97 Å². The fourth-order valence-electron chi connectivity index (χ4n) is 3.89. The molecule has 0 bridgehead atoms. The van der Waals surface area contributed by atoms with Gasteiger partial charge in [0.15, 0.2) is 0 Å². The molecule has 0 unspecified atom stereocenters. The van der Waals surface area contributed by atoms with Crippen LogP contribution in [0.5, 0.6) is 0 Å². The highest BCUT2D eigenvalue weighted by Gasteiger charge is 2.16. The number of hydrogen-bond acceptors (Lipinski definition) is 2. The molecule has 0 heterocycles. The van der Waals surface area contributed by atoms with Crippen LogP contribution in [0.3, 0.4) is 0 Å². The monoisotopic (exact) mass is 365 g/mol. The van der Waals surface area contributed by atoms with E-state index in [4.69, 9.17) is 0 Å². The molecule has 0 atom stereocenters. The number of carboxylic acid groups (broad SMARTS) is 1. The van der Waals surface area contributed by atoms with Crippen molar-refractivity contribution in [2.45, 2.75) is 51.4 Å². The van der Waals surface area contributed by atoms with Gasteiger partial charge in [0, 0.05) is 5.56 Å². The van der Waals surface area contributed by atoms with E-state index >= 15 is 0 Å². The summed E-state index contributed by atoms with van der Waals surface area (Å²) in [6.45, 7) is 0. The predicted molar refractivity (Wildman–Crippen MR) is 107 cm³/mol. The van der Waals surface area contributed by atoms with Gasteiger partial charge in [-0.25, -0.2) is 4.79 Å².